The number of rotatable bonds is 8. The number of sulfonamides is 1. The van der Waals surface area contributed by atoms with Crippen LogP contribution in [0.2, 0.25) is 0 Å². The second-order valence-corrected chi connectivity index (χ2v) is 8.95. The Bertz CT molecular complexity index is 840. The lowest BCUT2D eigenvalue weighted by Gasteiger charge is -2.26. The minimum absolute atomic E-state index is 0.124. The molecular formula is C17H26N6O5S. The van der Waals surface area contributed by atoms with Gasteiger partial charge in [-0.1, -0.05) is 0 Å². The lowest BCUT2D eigenvalue weighted by molar-refractivity contribution is -0.147. The van der Waals surface area contributed by atoms with Gasteiger partial charge in [0.25, 0.3) is 0 Å². The fourth-order valence-electron chi connectivity index (χ4n) is 3.30. The van der Waals surface area contributed by atoms with Crippen molar-refractivity contribution in [1.82, 2.24) is 24.6 Å². The molecule has 29 heavy (non-hydrogen) atoms. The second-order valence-electron chi connectivity index (χ2n) is 7.02. The third kappa shape index (κ3) is 5.82. The molecule has 0 unspecified atom stereocenters. The van der Waals surface area contributed by atoms with Gasteiger partial charge in [0, 0.05) is 32.5 Å². The number of aromatic nitrogens is 3. The molecule has 2 aliphatic heterocycles. The Balaban J connectivity index is 1.61. The number of ether oxygens (including phenoxy) is 1. The minimum Gasteiger partial charge on any atom is -0.467 e. The first-order valence-electron chi connectivity index (χ1n) is 9.72. The van der Waals surface area contributed by atoms with E-state index in [1.807, 2.05) is 4.90 Å². The summed E-state index contributed by atoms with van der Waals surface area (Å²) in [6.07, 6.45) is 4.30. The summed E-state index contributed by atoms with van der Waals surface area (Å²) >= 11 is 0. The smallest absolute Gasteiger partial charge is 0.321 e. The molecule has 2 fully saturated rings. The molecule has 0 aromatic carbocycles. The van der Waals surface area contributed by atoms with Crippen molar-refractivity contribution in [2.75, 3.05) is 37.4 Å². The van der Waals surface area contributed by atoms with Crippen molar-refractivity contribution < 1.29 is 22.7 Å². The second kappa shape index (κ2) is 9.44. The van der Waals surface area contributed by atoms with Crippen LogP contribution < -0.4 is 14.4 Å². The molecule has 12 heteroatoms. The predicted octanol–water partition coefficient (Wildman–Crippen LogP) is -0.171. The summed E-state index contributed by atoms with van der Waals surface area (Å²) in [6.45, 7) is 1.36. The molecule has 3 rings (SSSR count). The van der Waals surface area contributed by atoms with E-state index in [-0.39, 0.29) is 55.3 Å². The highest BCUT2D eigenvalue weighted by Gasteiger charge is 2.27. The fourth-order valence-corrected chi connectivity index (χ4v) is 4.22. The zero-order chi connectivity index (χ0) is 20.9. The Kier molecular flexibility index (Phi) is 6.96. The van der Waals surface area contributed by atoms with Crippen LogP contribution in [0.1, 0.15) is 44.3 Å². The minimum atomic E-state index is -3.73. The summed E-state index contributed by atoms with van der Waals surface area (Å²) in [5.74, 6) is -0.317. The summed E-state index contributed by atoms with van der Waals surface area (Å²) in [5, 5.41) is 0. The van der Waals surface area contributed by atoms with Gasteiger partial charge in [-0.3, -0.25) is 14.5 Å². The molecule has 2 aliphatic rings. The van der Waals surface area contributed by atoms with E-state index in [2.05, 4.69) is 19.7 Å². The molecule has 0 aliphatic carbocycles. The number of anilines is 1. The molecule has 0 spiro atoms. The van der Waals surface area contributed by atoms with Gasteiger partial charge in [0.05, 0.1) is 19.4 Å². The molecule has 1 aromatic rings. The number of piperidine rings is 2. The van der Waals surface area contributed by atoms with E-state index in [1.165, 1.54) is 7.11 Å². The molecule has 0 saturated carbocycles. The quantitative estimate of drug-likeness (QED) is 0.562. The number of carbonyl (C=O) groups is 2. The maximum Gasteiger partial charge on any atom is 0.321 e. The Morgan fingerprint density at radius 3 is 2.34 bits per heavy atom. The van der Waals surface area contributed by atoms with Crippen molar-refractivity contribution in [3.63, 3.8) is 0 Å². The molecule has 3 heterocycles. The Labute approximate surface area is 169 Å². The SMILES string of the molecule is COc1nc(CNS(=O)(=O)CCN2C(=O)CCCC2=O)nc(N2CCCCC2)n1. The predicted molar refractivity (Wildman–Crippen MR) is 104 cm³/mol. The highest BCUT2D eigenvalue weighted by Crippen LogP contribution is 2.18. The maximum atomic E-state index is 12.3. The van der Waals surface area contributed by atoms with E-state index in [1.54, 1.807) is 0 Å². The van der Waals surface area contributed by atoms with Crippen molar-refractivity contribution >= 4 is 27.8 Å². The monoisotopic (exact) mass is 426 g/mol. The van der Waals surface area contributed by atoms with E-state index >= 15 is 0 Å². The van der Waals surface area contributed by atoms with Gasteiger partial charge in [-0.25, -0.2) is 13.1 Å². The third-order valence-electron chi connectivity index (χ3n) is 4.89. The third-order valence-corrected chi connectivity index (χ3v) is 6.19. The zero-order valence-corrected chi connectivity index (χ0v) is 17.3. The normalized spacial score (nSPS) is 18.2. The molecule has 0 atom stereocenters. The van der Waals surface area contributed by atoms with E-state index < -0.39 is 10.0 Å². The van der Waals surface area contributed by atoms with Crippen LogP contribution >= 0.6 is 0 Å². The number of carbonyl (C=O) groups excluding carboxylic acids is 2. The summed E-state index contributed by atoms with van der Waals surface area (Å²) in [4.78, 5) is 39.4. The number of hydrogen-bond acceptors (Lipinski definition) is 9. The first-order valence-corrected chi connectivity index (χ1v) is 11.4. The number of hydrogen-bond donors (Lipinski definition) is 1. The van der Waals surface area contributed by atoms with Crippen LogP contribution in [0, 0.1) is 0 Å². The van der Waals surface area contributed by atoms with Crippen molar-refractivity contribution in [1.29, 1.82) is 0 Å². The number of imide groups is 1. The summed E-state index contributed by atoms with van der Waals surface area (Å²) < 4.78 is 32.2. The number of methoxy groups -OCH3 is 1. The standard InChI is InChI=1S/C17H26N6O5S/c1-28-17-20-13(19-16(21-17)22-8-3-2-4-9-22)12-18-29(26,27)11-10-23-14(24)6-5-7-15(23)25/h18H,2-12H2,1H3. The van der Waals surface area contributed by atoms with Crippen LogP contribution in [0.3, 0.4) is 0 Å². The summed E-state index contributed by atoms with van der Waals surface area (Å²) in [6, 6.07) is 0.124. The Morgan fingerprint density at radius 2 is 1.69 bits per heavy atom. The number of nitrogens with one attached hydrogen (secondary N) is 1. The molecule has 0 radical (unpaired) electrons. The van der Waals surface area contributed by atoms with Gasteiger partial charge >= 0.3 is 6.01 Å². The molecule has 1 N–H and O–H groups in total. The Hall–Kier alpha value is -2.34. The molecular weight excluding hydrogens is 400 g/mol. The zero-order valence-electron chi connectivity index (χ0n) is 16.5. The van der Waals surface area contributed by atoms with Gasteiger partial charge in [0.2, 0.25) is 27.8 Å². The first kappa shape index (κ1) is 21.4. The molecule has 11 nitrogen and oxygen atoms in total. The van der Waals surface area contributed by atoms with Gasteiger partial charge in [0.15, 0.2) is 5.82 Å². The van der Waals surface area contributed by atoms with Crippen LogP contribution in [0.4, 0.5) is 5.95 Å². The molecule has 1 aromatic heterocycles. The van der Waals surface area contributed by atoms with Gasteiger partial charge in [-0.15, -0.1) is 0 Å². The summed E-state index contributed by atoms with van der Waals surface area (Å²) in [7, 11) is -2.29. The lowest BCUT2D eigenvalue weighted by atomic mass is 10.1. The average molecular weight is 426 g/mol. The van der Waals surface area contributed by atoms with Gasteiger partial charge < -0.3 is 9.64 Å². The van der Waals surface area contributed by atoms with Crippen molar-refractivity contribution in [3.8, 4) is 6.01 Å². The summed E-state index contributed by atoms with van der Waals surface area (Å²) in [5.41, 5.74) is 0. The van der Waals surface area contributed by atoms with Crippen molar-refractivity contribution in [2.24, 2.45) is 0 Å². The largest absolute Gasteiger partial charge is 0.467 e. The van der Waals surface area contributed by atoms with Crippen molar-refractivity contribution in [2.45, 2.75) is 45.1 Å². The van der Waals surface area contributed by atoms with E-state index in [0.717, 1.165) is 37.3 Å². The highest BCUT2D eigenvalue weighted by molar-refractivity contribution is 7.89. The molecule has 2 amide bonds. The lowest BCUT2D eigenvalue weighted by Crippen LogP contribution is -2.44. The topological polar surface area (TPSA) is 135 Å². The van der Waals surface area contributed by atoms with Gasteiger partial charge in [-0.2, -0.15) is 15.0 Å². The number of nitrogens with zero attached hydrogens (tertiary/aromatic N) is 5. The number of amides is 2. The van der Waals surface area contributed by atoms with Crippen molar-refractivity contribution in [3.05, 3.63) is 5.82 Å². The first-order chi connectivity index (χ1) is 13.9. The maximum absolute atomic E-state index is 12.3. The van der Waals surface area contributed by atoms with Crippen LogP contribution in [-0.2, 0) is 26.2 Å². The van der Waals surface area contributed by atoms with Crippen LogP contribution in [0.5, 0.6) is 6.01 Å². The van der Waals surface area contributed by atoms with Gasteiger partial charge in [0.1, 0.15) is 0 Å². The van der Waals surface area contributed by atoms with E-state index in [0.29, 0.717) is 12.4 Å². The van der Waals surface area contributed by atoms with Crippen LogP contribution in [0.15, 0.2) is 0 Å². The Morgan fingerprint density at radius 1 is 1.00 bits per heavy atom. The van der Waals surface area contributed by atoms with E-state index in [4.69, 9.17) is 4.74 Å². The van der Waals surface area contributed by atoms with Crippen LogP contribution in [-0.4, -0.2) is 72.6 Å². The van der Waals surface area contributed by atoms with Crippen LogP contribution in [0.25, 0.3) is 0 Å². The highest BCUT2D eigenvalue weighted by atomic mass is 32.2. The molecule has 0 bridgehead atoms. The van der Waals surface area contributed by atoms with E-state index in [9.17, 15) is 18.0 Å². The molecule has 2 saturated heterocycles. The number of likely N-dealkylation sites (tertiary alicyclic amines) is 1. The molecule has 160 valence electrons. The average Bonchev–Trinajstić information content (AvgIpc) is 2.72. The van der Waals surface area contributed by atoms with Gasteiger partial charge in [-0.05, 0) is 25.7 Å². The fraction of sp³-hybridized carbons (Fsp3) is 0.706.